The van der Waals surface area contributed by atoms with Crippen molar-refractivity contribution in [3.8, 4) is 11.5 Å². The van der Waals surface area contributed by atoms with E-state index in [9.17, 15) is 4.79 Å². The van der Waals surface area contributed by atoms with E-state index in [4.69, 9.17) is 9.47 Å². The van der Waals surface area contributed by atoms with Gasteiger partial charge in [-0.1, -0.05) is 43.3 Å². The summed E-state index contributed by atoms with van der Waals surface area (Å²) in [4.78, 5) is 11.7. The Morgan fingerprint density at radius 2 is 1.83 bits per heavy atom. The Kier molecular flexibility index (Phi) is 6.17. The minimum absolute atomic E-state index is 0.132. The smallest absolute Gasteiger partial charge is 0.277 e. The molecule has 0 spiro atoms. The fraction of sp³-hybridized carbons (Fsp3) is 0.222. The number of hydrazone groups is 1. The standard InChI is InChI=1S/C18H20N2O3/c1-3-14-8-10-15(11-9-14)12-19-20-18(21)13-23-17-7-5-4-6-16(17)22-2/h4-12H,3,13H2,1-2H3,(H,20,21)/b19-12+. The third-order valence-electron chi connectivity index (χ3n) is 3.22. The van der Waals surface area contributed by atoms with E-state index in [2.05, 4.69) is 17.5 Å². The van der Waals surface area contributed by atoms with Crippen LogP contribution in [0.3, 0.4) is 0 Å². The summed E-state index contributed by atoms with van der Waals surface area (Å²) in [5.41, 5.74) is 4.62. The van der Waals surface area contributed by atoms with E-state index in [-0.39, 0.29) is 12.5 Å². The number of nitrogens with one attached hydrogen (secondary N) is 1. The quantitative estimate of drug-likeness (QED) is 0.632. The average Bonchev–Trinajstić information content (AvgIpc) is 2.60. The van der Waals surface area contributed by atoms with Crippen molar-refractivity contribution in [1.29, 1.82) is 0 Å². The fourth-order valence-electron chi connectivity index (χ4n) is 1.93. The zero-order valence-corrected chi connectivity index (χ0v) is 13.3. The molecule has 120 valence electrons. The lowest BCUT2D eigenvalue weighted by Gasteiger charge is -2.09. The Balaban J connectivity index is 1.81. The van der Waals surface area contributed by atoms with E-state index in [1.807, 2.05) is 36.4 Å². The molecule has 0 aliphatic heterocycles. The normalized spacial score (nSPS) is 10.5. The van der Waals surface area contributed by atoms with Crippen molar-refractivity contribution in [1.82, 2.24) is 5.43 Å². The van der Waals surface area contributed by atoms with Crippen LogP contribution in [0.15, 0.2) is 53.6 Å². The zero-order chi connectivity index (χ0) is 16.5. The molecule has 5 nitrogen and oxygen atoms in total. The molecule has 2 aromatic rings. The summed E-state index contributed by atoms with van der Waals surface area (Å²) in [5, 5.41) is 3.92. The van der Waals surface area contributed by atoms with Crippen LogP contribution in [0.4, 0.5) is 0 Å². The minimum Gasteiger partial charge on any atom is -0.493 e. The Morgan fingerprint density at radius 3 is 2.48 bits per heavy atom. The number of methoxy groups -OCH3 is 1. The van der Waals surface area contributed by atoms with Crippen LogP contribution in [0.5, 0.6) is 11.5 Å². The maximum atomic E-state index is 11.7. The van der Waals surface area contributed by atoms with Crippen LogP contribution in [-0.4, -0.2) is 25.8 Å². The van der Waals surface area contributed by atoms with Gasteiger partial charge in [0.2, 0.25) is 0 Å². The van der Waals surface area contributed by atoms with Crippen LogP contribution in [0.25, 0.3) is 0 Å². The van der Waals surface area contributed by atoms with E-state index in [0.29, 0.717) is 11.5 Å². The lowest BCUT2D eigenvalue weighted by Crippen LogP contribution is -2.24. The number of nitrogens with zero attached hydrogens (tertiary/aromatic N) is 1. The number of hydrogen-bond donors (Lipinski definition) is 1. The second kappa shape index (κ2) is 8.58. The number of carbonyl (C=O) groups excluding carboxylic acids is 1. The summed E-state index contributed by atoms with van der Waals surface area (Å²) in [6.07, 6.45) is 2.59. The number of hydrogen-bond acceptors (Lipinski definition) is 4. The van der Waals surface area contributed by atoms with E-state index in [0.717, 1.165) is 12.0 Å². The molecular weight excluding hydrogens is 292 g/mol. The summed E-state index contributed by atoms with van der Waals surface area (Å²) in [6, 6.07) is 15.1. The first kappa shape index (κ1) is 16.5. The lowest BCUT2D eigenvalue weighted by molar-refractivity contribution is -0.123. The molecule has 0 saturated carbocycles. The van der Waals surface area contributed by atoms with Crippen LogP contribution in [0, 0.1) is 0 Å². The minimum atomic E-state index is -0.336. The van der Waals surface area contributed by atoms with Crippen molar-refractivity contribution in [2.75, 3.05) is 13.7 Å². The molecule has 2 aromatic carbocycles. The van der Waals surface area contributed by atoms with Gasteiger partial charge < -0.3 is 9.47 Å². The third kappa shape index (κ3) is 5.14. The van der Waals surface area contributed by atoms with Crippen LogP contribution < -0.4 is 14.9 Å². The first-order chi connectivity index (χ1) is 11.2. The molecule has 1 amide bonds. The zero-order valence-electron chi connectivity index (χ0n) is 13.3. The first-order valence-corrected chi connectivity index (χ1v) is 7.39. The van der Waals surface area contributed by atoms with Crippen molar-refractivity contribution in [3.05, 3.63) is 59.7 Å². The van der Waals surface area contributed by atoms with E-state index >= 15 is 0 Å². The van der Waals surface area contributed by atoms with Gasteiger partial charge in [0.25, 0.3) is 5.91 Å². The SMILES string of the molecule is CCc1ccc(/C=N/NC(=O)COc2ccccc2OC)cc1. The second-order valence-electron chi connectivity index (χ2n) is 4.83. The summed E-state index contributed by atoms with van der Waals surface area (Å²) in [6.45, 7) is 1.97. The third-order valence-corrected chi connectivity index (χ3v) is 3.22. The van der Waals surface area contributed by atoms with Crippen molar-refractivity contribution in [3.63, 3.8) is 0 Å². The van der Waals surface area contributed by atoms with Crippen molar-refractivity contribution in [2.45, 2.75) is 13.3 Å². The fourth-order valence-corrected chi connectivity index (χ4v) is 1.93. The molecule has 23 heavy (non-hydrogen) atoms. The van der Waals surface area contributed by atoms with Crippen LogP contribution >= 0.6 is 0 Å². The number of benzene rings is 2. The Bertz CT molecular complexity index is 666. The molecule has 0 heterocycles. The lowest BCUT2D eigenvalue weighted by atomic mass is 10.1. The molecule has 0 radical (unpaired) electrons. The molecule has 0 aliphatic carbocycles. The number of rotatable bonds is 7. The van der Waals surface area contributed by atoms with Gasteiger partial charge >= 0.3 is 0 Å². The number of amides is 1. The molecule has 0 fully saturated rings. The maximum Gasteiger partial charge on any atom is 0.277 e. The topological polar surface area (TPSA) is 59.9 Å². The first-order valence-electron chi connectivity index (χ1n) is 7.39. The van der Waals surface area contributed by atoms with Gasteiger partial charge in [-0.3, -0.25) is 4.79 Å². The highest BCUT2D eigenvalue weighted by molar-refractivity contribution is 5.82. The van der Waals surface area contributed by atoms with Gasteiger partial charge in [0, 0.05) is 0 Å². The molecule has 5 heteroatoms. The molecule has 0 aliphatic rings. The Hall–Kier alpha value is -2.82. The van der Waals surface area contributed by atoms with Crippen molar-refractivity contribution < 1.29 is 14.3 Å². The monoisotopic (exact) mass is 312 g/mol. The molecule has 0 atom stereocenters. The number of ether oxygens (including phenoxy) is 2. The van der Waals surface area contributed by atoms with Crippen LogP contribution in [0.1, 0.15) is 18.1 Å². The van der Waals surface area contributed by atoms with Crippen molar-refractivity contribution >= 4 is 12.1 Å². The van der Waals surface area contributed by atoms with Crippen molar-refractivity contribution in [2.24, 2.45) is 5.10 Å². The van der Waals surface area contributed by atoms with Gasteiger partial charge in [-0.05, 0) is 29.7 Å². The van der Waals surface area contributed by atoms with E-state index < -0.39 is 0 Å². The van der Waals surface area contributed by atoms with Gasteiger partial charge in [-0.15, -0.1) is 0 Å². The summed E-state index contributed by atoms with van der Waals surface area (Å²) in [5.74, 6) is 0.765. The van der Waals surface area contributed by atoms with Gasteiger partial charge in [-0.2, -0.15) is 5.10 Å². The largest absolute Gasteiger partial charge is 0.493 e. The molecule has 0 bridgehead atoms. The Morgan fingerprint density at radius 1 is 1.13 bits per heavy atom. The number of carbonyl (C=O) groups is 1. The summed E-state index contributed by atoms with van der Waals surface area (Å²) >= 11 is 0. The number of para-hydroxylation sites is 2. The molecule has 0 aromatic heterocycles. The summed E-state index contributed by atoms with van der Waals surface area (Å²) in [7, 11) is 1.55. The molecule has 2 rings (SSSR count). The highest BCUT2D eigenvalue weighted by Crippen LogP contribution is 2.25. The Labute approximate surface area is 135 Å². The predicted octanol–water partition coefficient (Wildman–Crippen LogP) is 2.79. The van der Waals surface area contributed by atoms with Gasteiger partial charge in [-0.25, -0.2) is 5.43 Å². The van der Waals surface area contributed by atoms with Crippen LogP contribution in [0.2, 0.25) is 0 Å². The maximum absolute atomic E-state index is 11.7. The highest BCUT2D eigenvalue weighted by atomic mass is 16.5. The molecule has 0 unspecified atom stereocenters. The molecular formula is C18H20N2O3. The van der Waals surface area contributed by atoms with Gasteiger partial charge in [0.05, 0.1) is 13.3 Å². The average molecular weight is 312 g/mol. The second-order valence-corrected chi connectivity index (χ2v) is 4.83. The van der Waals surface area contributed by atoms with E-state index in [1.165, 1.54) is 5.56 Å². The van der Waals surface area contributed by atoms with E-state index in [1.54, 1.807) is 25.5 Å². The molecule has 1 N–H and O–H groups in total. The molecule has 0 saturated heterocycles. The summed E-state index contributed by atoms with van der Waals surface area (Å²) < 4.78 is 10.6. The van der Waals surface area contributed by atoms with Gasteiger partial charge in [0.1, 0.15) is 0 Å². The number of aryl methyl sites for hydroxylation is 1. The predicted molar refractivity (Wildman–Crippen MR) is 90.0 cm³/mol. The highest BCUT2D eigenvalue weighted by Gasteiger charge is 2.05. The van der Waals surface area contributed by atoms with Gasteiger partial charge in [0.15, 0.2) is 18.1 Å². The van der Waals surface area contributed by atoms with Crippen LogP contribution in [-0.2, 0) is 11.2 Å².